The molecule has 0 radical (unpaired) electrons. The first-order valence-corrected chi connectivity index (χ1v) is 18.7. The van der Waals surface area contributed by atoms with E-state index in [2.05, 4.69) is 206 Å². The normalized spacial score (nSPS) is 11.7. The molecular formula is C54H34. The number of hydrogen-bond donors (Lipinski definition) is 0. The monoisotopic (exact) mass is 682 g/mol. The van der Waals surface area contributed by atoms with E-state index in [0.29, 0.717) is 0 Å². The van der Waals surface area contributed by atoms with E-state index in [1.807, 2.05) is 0 Å². The zero-order valence-corrected chi connectivity index (χ0v) is 29.6. The molecule has 54 heavy (non-hydrogen) atoms. The van der Waals surface area contributed by atoms with Crippen LogP contribution in [0.3, 0.4) is 0 Å². The Labute approximate surface area is 314 Å². The summed E-state index contributed by atoms with van der Waals surface area (Å²) in [4.78, 5) is 0. The van der Waals surface area contributed by atoms with Gasteiger partial charge in [-0.05, 0) is 139 Å². The minimum absolute atomic E-state index is 1.21. The van der Waals surface area contributed by atoms with Crippen LogP contribution < -0.4 is 0 Å². The predicted molar refractivity (Wildman–Crippen MR) is 233 cm³/mol. The van der Waals surface area contributed by atoms with Crippen molar-refractivity contribution in [2.24, 2.45) is 0 Å². The molecule has 0 aliphatic carbocycles. The topological polar surface area (TPSA) is 0 Å². The van der Waals surface area contributed by atoms with Gasteiger partial charge in [0.05, 0.1) is 0 Å². The van der Waals surface area contributed by atoms with Gasteiger partial charge >= 0.3 is 0 Å². The molecular weight excluding hydrogens is 649 g/mol. The Morgan fingerprint density at radius 2 is 0.574 bits per heavy atom. The van der Waals surface area contributed by atoms with Crippen molar-refractivity contribution >= 4 is 64.6 Å². The van der Waals surface area contributed by atoms with Crippen LogP contribution in [-0.2, 0) is 0 Å². The van der Waals surface area contributed by atoms with E-state index < -0.39 is 0 Å². The van der Waals surface area contributed by atoms with Crippen LogP contribution in [0.5, 0.6) is 0 Å². The van der Waals surface area contributed by atoms with Crippen molar-refractivity contribution in [2.45, 2.75) is 0 Å². The Bertz CT molecular complexity index is 3270. The van der Waals surface area contributed by atoms with Gasteiger partial charge in [0.2, 0.25) is 0 Å². The molecule has 0 N–H and O–H groups in total. The molecule has 250 valence electrons. The fourth-order valence-corrected chi connectivity index (χ4v) is 8.73. The molecule has 0 heterocycles. The molecule has 0 nitrogen and oxygen atoms in total. The van der Waals surface area contributed by atoms with E-state index in [1.165, 1.54) is 109 Å². The highest BCUT2D eigenvalue weighted by Gasteiger charge is 2.20. The van der Waals surface area contributed by atoms with Gasteiger partial charge in [0, 0.05) is 0 Å². The Morgan fingerprint density at radius 1 is 0.185 bits per heavy atom. The third kappa shape index (κ3) is 4.99. The Morgan fingerprint density at radius 3 is 1.15 bits per heavy atom. The number of fused-ring (bicyclic) bond motifs is 6. The Hall–Kier alpha value is -7.02. The molecule has 0 heteroatoms. The summed E-state index contributed by atoms with van der Waals surface area (Å²) >= 11 is 0. The summed E-state index contributed by atoms with van der Waals surface area (Å²) in [7, 11) is 0. The van der Waals surface area contributed by atoms with Crippen LogP contribution in [0.1, 0.15) is 0 Å². The maximum atomic E-state index is 2.45. The van der Waals surface area contributed by atoms with E-state index in [9.17, 15) is 0 Å². The van der Waals surface area contributed by atoms with Crippen LogP contribution in [0.2, 0.25) is 0 Å². The molecule has 11 rings (SSSR count). The molecule has 0 fully saturated rings. The van der Waals surface area contributed by atoms with Crippen LogP contribution in [0, 0.1) is 0 Å². The van der Waals surface area contributed by atoms with Gasteiger partial charge in [0.1, 0.15) is 0 Å². The minimum Gasteiger partial charge on any atom is -0.0616 e. The van der Waals surface area contributed by atoms with E-state index in [-0.39, 0.29) is 0 Å². The van der Waals surface area contributed by atoms with E-state index in [4.69, 9.17) is 0 Å². The first kappa shape index (κ1) is 30.6. The lowest BCUT2D eigenvalue weighted by molar-refractivity contribution is 1.65. The highest BCUT2D eigenvalue weighted by atomic mass is 14.2. The lowest BCUT2D eigenvalue weighted by Crippen LogP contribution is -1.93. The summed E-state index contributed by atoms with van der Waals surface area (Å²) in [5.41, 5.74) is 9.89. The summed E-state index contributed by atoms with van der Waals surface area (Å²) in [5, 5.41) is 15.0. The molecule has 0 spiro atoms. The van der Waals surface area contributed by atoms with Crippen LogP contribution in [0.15, 0.2) is 206 Å². The first-order valence-electron chi connectivity index (χ1n) is 18.7. The van der Waals surface area contributed by atoms with Crippen LogP contribution in [0.4, 0.5) is 0 Å². The summed E-state index contributed by atoms with van der Waals surface area (Å²) < 4.78 is 0. The number of benzene rings is 11. The Kier molecular flexibility index (Phi) is 6.97. The molecule has 0 aliphatic rings. The molecule has 0 amide bonds. The highest BCUT2D eigenvalue weighted by Crippen LogP contribution is 2.47. The lowest BCUT2D eigenvalue weighted by atomic mass is 9.83. The fourth-order valence-electron chi connectivity index (χ4n) is 8.73. The molecule has 0 atom stereocenters. The van der Waals surface area contributed by atoms with Crippen molar-refractivity contribution < 1.29 is 0 Å². The van der Waals surface area contributed by atoms with Crippen molar-refractivity contribution in [2.75, 3.05) is 0 Å². The third-order valence-corrected chi connectivity index (χ3v) is 11.4. The molecule has 11 aromatic rings. The zero-order valence-electron chi connectivity index (χ0n) is 29.6. The van der Waals surface area contributed by atoms with Gasteiger partial charge in [-0.3, -0.25) is 0 Å². The average molecular weight is 683 g/mol. The second kappa shape index (κ2) is 12.3. The minimum atomic E-state index is 1.21. The first-order chi connectivity index (χ1) is 26.7. The second-order valence-corrected chi connectivity index (χ2v) is 14.5. The quantitative estimate of drug-likeness (QED) is 0.162. The largest absolute Gasteiger partial charge is 0.0616 e. The van der Waals surface area contributed by atoms with Gasteiger partial charge in [-0.1, -0.05) is 176 Å². The highest BCUT2D eigenvalue weighted by molar-refractivity contribution is 6.23. The van der Waals surface area contributed by atoms with Gasteiger partial charge in [0.25, 0.3) is 0 Å². The zero-order chi connectivity index (χ0) is 35.6. The predicted octanol–water partition coefficient (Wildman–Crippen LogP) is 15.3. The molecule has 0 aromatic heterocycles. The molecule has 0 aliphatic heterocycles. The van der Waals surface area contributed by atoms with Crippen molar-refractivity contribution in [1.29, 1.82) is 0 Å². The average Bonchev–Trinajstić information content (AvgIpc) is 3.24. The van der Waals surface area contributed by atoms with E-state index in [0.717, 1.165) is 0 Å². The number of hydrogen-bond acceptors (Lipinski definition) is 0. The van der Waals surface area contributed by atoms with Gasteiger partial charge in [-0.25, -0.2) is 0 Å². The smallest absolute Gasteiger partial charge is 0.00259 e. The van der Waals surface area contributed by atoms with Gasteiger partial charge in [-0.15, -0.1) is 0 Å². The SMILES string of the molecule is c1ccc2cc(-c3ccc4c(-c5ccc6ccccc6c5)c5cc(-c6cccc7ccccc67)ccc5c(-c5ccc6ccccc6c5)c4c3)ccc2c1. The standard InChI is InChI=1S/C54H34/c1-4-14-39-30-42(23-20-35(39)10-1)43-26-28-49-51(33-43)53(45-24-21-36-11-2-5-15-40(36)31-45)50-29-27-44(48-19-9-17-38-13-7-8-18-47(38)48)34-52(50)54(49)46-25-22-37-12-3-6-16-41(37)32-46/h1-34H. The molecule has 11 aromatic carbocycles. The Balaban J connectivity index is 1.27. The number of rotatable bonds is 4. The maximum Gasteiger partial charge on any atom is -0.00259 e. The molecule has 0 saturated carbocycles. The fraction of sp³-hybridized carbons (Fsp3) is 0. The summed E-state index contributed by atoms with van der Waals surface area (Å²) in [6.45, 7) is 0. The van der Waals surface area contributed by atoms with Gasteiger partial charge in [-0.2, -0.15) is 0 Å². The third-order valence-electron chi connectivity index (χ3n) is 11.4. The molecule has 0 bridgehead atoms. The van der Waals surface area contributed by atoms with Crippen molar-refractivity contribution in [1.82, 2.24) is 0 Å². The summed E-state index contributed by atoms with van der Waals surface area (Å²) in [5.74, 6) is 0. The van der Waals surface area contributed by atoms with Crippen molar-refractivity contribution in [3.05, 3.63) is 206 Å². The maximum absolute atomic E-state index is 2.45. The van der Waals surface area contributed by atoms with Gasteiger partial charge in [0.15, 0.2) is 0 Å². The molecule has 0 unspecified atom stereocenters. The van der Waals surface area contributed by atoms with Crippen molar-refractivity contribution in [3.8, 4) is 44.5 Å². The van der Waals surface area contributed by atoms with Crippen molar-refractivity contribution in [3.63, 3.8) is 0 Å². The lowest BCUT2D eigenvalue weighted by Gasteiger charge is -2.20. The summed E-state index contributed by atoms with van der Waals surface area (Å²) in [6.07, 6.45) is 0. The summed E-state index contributed by atoms with van der Waals surface area (Å²) in [6, 6.07) is 76.4. The molecule has 0 saturated heterocycles. The van der Waals surface area contributed by atoms with Gasteiger partial charge < -0.3 is 0 Å². The van der Waals surface area contributed by atoms with Crippen LogP contribution >= 0.6 is 0 Å². The van der Waals surface area contributed by atoms with Crippen LogP contribution in [0.25, 0.3) is 109 Å². The van der Waals surface area contributed by atoms with E-state index >= 15 is 0 Å². The second-order valence-electron chi connectivity index (χ2n) is 14.5. The van der Waals surface area contributed by atoms with Crippen LogP contribution in [-0.4, -0.2) is 0 Å². The van der Waals surface area contributed by atoms with E-state index in [1.54, 1.807) is 0 Å².